The predicted octanol–water partition coefficient (Wildman–Crippen LogP) is 1.71. The van der Waals surface area contributed by atoms with E-state index in [1.54, 1.807) is 6.33 Å². The smallest absolute Gasteiger partial charge is 0.274 e. The third-order valence-corrected chi connectivity index (χ3v) is 6.91. The number of likely N-dealkylation sites (tertiary alicyclic amines) is 2. The molecule has 154 valence electrons. The molecule has 5 rings (SSSR count). The zero-order valence-electron chi connectivity index (χ0n) is 16.7. The Balaban J connectivity index is 1.28. The molecule has 8 heteroatoms. The Hall–Kier alpha value is -2.64. The lowest BCUT2D eigenvalue weighted by atomic mass is 9.73. The number of hydrogen-bond acceptors (Lipinski definition) is 4. The van der Waals surface area contributed by atoms with Crippen LogP contribution in [0.3, 0.4) is 0 Å². The standard InChI is InChI=1S/C21H28N6O2/c28-18-5-8-21(12-26(18)10-6-15-11-22-14-23-15)7-2-9-27(13-21)20(29)19-16-3-1-4-17(16)24-25-19/h11,14H,1-10,12-13H2,(H,22,23)(H,24,25). The van der Waals surface area contributed by atoms with E-state index in [-0.39, 0.29) is 17.2 Å². The number of aromatic nitrogens is 4. The van der Waals surface area contributed by atoms with Gasteiger partial charge in [-0.25, -0.2) is 4.98 Å². The van der Waals surface area contributed by atoms with Gasteiger partial charge < -0.3 is 14.8 Å². The van der Waals surface area contributed by atoms with E-state index in [0.29, 0.717) is 18.7 Å². The Morgan fingerprint density at radius 2 is 2.10 bits per heavy atom. The van der Waals surface area contributed by atoms with Crippen molar-refractivity contribution in [3.63, 3.8) is 0 Å². The van der Waals surface area contributed by atoms with Crippen LogP contribution in [0.5, 0.6) is 0 Å². The molecule has 2 aromatic rings. The van der Waals surface area contributed by atoms with E-state index >= 15 is 0 Å². The quantitative estimate of drug-likeness (QED) is 0.822. The van der Waals surface area contributed by atoms with Crippen molar-refractivity contribution >= 4 is 11.8 Å². The van der Waals surface area contributed by atoms with Crippen molar-refractivity contribution in [2.45, 2.75) is 51.4 Å². The maximum Gasteiger partial charge on any atom is 0.274 e. The Bertz CT molecular complexity index is 904. The minimum Gasteiger partial charge on any atom is -0.348 e. The lowest BCUT2D eigenvalue weighted by molar-refractivity contribution is -0.138. The molecule has 2 fully saturated rings. The van der Waals surface area contributed by atoms with Gasteiger partial charge in [-0.3, -0.25) is 14.7 Å². The number of hydrogen-bond donors (Lipinski definition) is 2. The van der Waals surface area contributed by atoms with Gasteiger partial charge in [0.25, 0.3) is 5.91 Å². The summed E-state index contributed by atoms with van der Waals surface area (Å²) < 4.78 is 0. The topological polar surface area (TPSA) is 98.0 Å². The lowest BCUT2D eigenvalue weighted by Gasteiger charge is -2.48. The molecule has 0 bridgehead atoms. The van der Waals surface area contributed by atoms with Gasteiger partial charge in [0.15, 0.2) is 5.69 Å². The van der Waals surface area contributed by atoms with Crippen molar-refractivity contribution in [3.05, 3.63) is 35.2 Å². The van der Waals surface area contributed by atoms with Crippen molar-refractivity contribution in [2.75, 3.05) is 26.2 Å². The van der Waals surface area contributed by atoms with Crippen LogP contribution in [-0.4, -0.2) is 68.0 Å². The average molecular weight is 396 g/mol. The summed E-state index contributed by atoms with van der Waals surface area (Å²) in [6, 6.07) is 0. The van der Waals surface area contributed by atoms with Crippen LogP contribution < -0.4 is 0 Å². The Morgan fingerprint density at radius 1 is 1.17 bits per heavy atom. The second-order valence-electron chi connectivity index (χ2n) is 8.86. The second-order valence-corrected chi connectivity index (χ2v) is 8.86. The maximum atomic E-state index is 13.2. The molecule has 1 spiro atoms. The van der Waals surface area contributed by atoms with Crippen LogP contribution in [-0.2, 0) is 24.1 Å². The zero-order chi connectivity index (χ0) is 19.8. The molecule has 0 aromatic carbocycles. The summed E-state index contributed by atoms with van der Waals surface area (Å²) in [6.07, 6.45) is 10.8. The van der Waals surface area contributed by atoms with Crippen LogP contribution >= 0.6 is 0 Å². The largest absolute Gasteiger partial charge is 0.348 e. The molecule has 2 aromatic heterocycles. The zero-order valence-corrected chi connectivity index (χ0v) is 16.7. The fraction of sp³-hybridized carbons (Fsp3) is 0.619. The predicted molar refractivity (Wildman–Crippen MR) is 106 cm³/mol. The highest BCUT2D eigenvalue weighted by Gasteiger charge is 2.43. The molecule has 2 saturated heterocycles. The third-order valence-electron chi connectivity index (χ3n) is 6.91. The number of carbonyl (C=O) groups is 2. The Kier molecular flexibility index (Phi) is 4.64. The molecule has 0 radical (unpaired) electrons. The van der Waals surface area contributed by atoms with Crippen molar-refractivity contribution in [2.24, 2.45) is 5.41 Å². The highest BCUT2D eigenvalue weighted by Crippen LogP contribution is 2.39. The summed E-state index contributed by atoms with van der Waals surface area (Å²) in [7, 11) is 0. The summed E-state index contributed by atoms with van der Waals surface area (Å²) in [5.41, 5.74) is 3.93. The number of carbonyl (C=O) groups excluding carboxylic acids is 2. The second kappa shape index (κ2) is 7.31. The van der Waals surface area contributed by atoms with E-state index in [2.05, 4.69) is 20.2 Å². The van der Waals surface area contributed by atoms with Gasteiger partial charge in [0.05, 0.1) is 6.33 Å². The normalized spacial score (nSPS) is 24.3. The number of piperidine rings is 2. The van der Waals surface area contributed by atoms with Gasteiger partial charge in [-0.05, 0) is 38.5 Å². The van der Waals surface area contributed by atoms with Gasteiger partial charge in [0, 0.05) is 67.6 Å². The fourth-order valence-corrected chi connectivity index (χ4v) is 5.34. The van der Waals surface area contributed by atoms with Gasteiger partial charge in [-0.1, -0.05) is 0 Å². The number of H-pyrrole nitrogens is 2. The van der Waals surface area contributed by atoms with Crippen molar-refractivity contribution < 1.29 is 9.59 Å². The molecule has 4 heterocycles. The van der Waals surface area contributed by atoms with Gasteiger partial charge >= 0.3 is 0 Å². The molecular formula is C21H28N6O2. The highest BCUT2D eigenvalue weighted by molar-refractivity contribution is 5.94. The fourth-order valence-electron chi connectivity index (χ4n) is 5.34. The summed E-state index contributed by atoms with van der Waals surface area (Å²) in [4.78, 5) is 36.9. The first-order valence-electron chi connectivity index (χ1n) is 10.7. The van der Waals surface area contributed by atoms with E-state index in [0.717, 1.165) is 81.5 Å². The molecule has 29 heavy (non-hydrogen) atoms. The van der Waals surface area contributed by atoms with Crippen LogP contribution in [0.2, 0.25) is 0 Å². The van der Waals surface area contributed by atoms with E-state index in [9.17, 15) is 9.59 Å². The Labute approximate surface area is 170 Å². The number of aryl methyl sites for hydroxylation is 1. The van der Waals surface area contributed by atoms with E-state index in [1.807, 2.05) is 16.0 Å². The molecule has 1 unspecified atom stereocenters. The summed E-state index contributed by atoms with van der Waals surface area (Å²) >= 11 is 0. The molecule has 2 aliphatic heterocycles. The number of amides is 2. The molecule has 3 aliphatic rings. The van der Waals surface area contributed by atoms with Gasteiger partial charge in [0.1, 0.15) is 0 Å². The summed E-state index contributed by atoms with van der Waals surface area (Å²) in [5, 5.41) is 7.40. The number of nitrogens with zero attached hydrogens (tertiary/aromatic N) is 4. The van der Waals surface area contributed by atoms with E-state index in [1.165, 1.54) is 0 Å². The average Bonchev–Trinajstić information content (AvgIpc) is 3.47. The van der Waals surface area contributed by atoms with Gasteiger partial charge in [-0.2, -0.15) is 5.10 Å². The van der Waals surface area contributed by atoms with Crippen LogP contribution in [0.4, 0.5) is 0 Å². The number of nitrogens with one attached hydrogen (secondary N) is 2. The first-order valence-corrected chi connectivity index (χ1v) is 10.7. The summed E-state index contributed by atoms with van der Waals surface area (Å²) in [6.45, 7) is 2.94. The van der Waals surface area contributed by atoms with Crippen molar-refractivity contribution in [1.29, 1.82) is 0 Å². The van der Waals surface area contributed by atoms with Crippen molar-refractivity contribution in [3.8, 4) is 0 Å². The lowest BCUT2D eigenvalue weighted by Crippen LogP contribution is -2.55. The summed E-state index contributed by atoms with van der Waals surface area (Å²) in [5.74, 6) is 0.285. The molecule has 1 aliphatic carbocycles. The first kappa shape index (κ1) is 18.4. The van der Waals surface area contributed by atoms with Crippen LogP contribution in [0, 0.1) is 5.41 Å². The van der Waals surface area contributed by atoms with Crippen LogP contribution in [0.15, 0.2) is 12.5 Å². The van der Waals surface area contributed by atoms with Gasteiger partial charge in [0.2, 0.25) is 5.91 Å². The first-order chi connectivity index (χ1) is 14.1. The highest BCUT2D eigenvalue weighted by atomic mass is 16.2. The SMILES string of the molecule is O=C1CCC2(CCCN(C(=O)c3n[nH]c4c3CCC4)C2)CN1CCc1cnc[nH]1. The molecule has 8 nitrogen and oxygen atoms in total. The number of imidazole rings is 1. The van der Waals surface area contributed by atoms with Crippen molar-refractivity contribution in [1.82, 2.24) is 30.0 Å². The molecule has 2 amide bonds. The number of aromatic amines is 2. The van der Waals surface area contributed by atoms with Crippen LogP contribution in [0.25, 0.3) is 0 Å². The van der Waals surface area contributed by atoms with Gasteiger partial charge in [-0.15, -0.1) is 0 Å². The maximum absolute atomic E-state index is 13.2. The number of rotatable bonds is 4. The minimum absolute atomic E-state index is 0.00921. The van der Waals surface area contributed by atoms with E-state index in [4.69, 9.17) is 0 Å². The van der Waals surface area contributed by atoms with E-state index < -0.39 is 0 Å². The van der Waals surface area contributed by atoms with Crippen LogP contribution in [0.1, 0.15) is 59.5 Å². The monoisotopic (exact) mass is 396 g/mol. The molecular weight excluding hydrogens is 368 g/mol. The minimum atomic E-state index is 0.00921. The molecule has 2 N–H and O–H groups in total. The molecule has 1 atom stereocenters. The number of fused-ring (bicyclic) bond motifs is 1. The Morgan fingerprint density at radius 3 is 2.97 bits per heavy atom. The third kappa shape index (κ3) is 3.45. The molecule has 0 saturated carbocycles.